The predicted molar refractivity (Wildman–Crippen MR) is 146 cm³/mol. The van der Waals surface area contributed by atoms with E-state index in [9.17, 15) is 4.39 Å². The van der Waals surface area contributed by atoms with Crippen molar-refractivity contribution in [3.05, 3.63) is 83.5 Å². The van der Waals surface area contributed by atoms with Gasteiger partial charge in [0.15, 0.2) is 0 Å². The van der Waals surface area contributed by atoms with Gasteiger partial charge in [0.1, 0.15) is 11.6 Å². The number of halogens is 1. The van der Waals surface area contributed by atoms with Crippen LogP contribution < -0.4 is 11.1 Å². The molecule has 2 unspecified atom stereocenters. The number of hydrogen-bond donors (Lipinski definition) is 3. The van der Waals surface area contributed by atoms with Crippen LogP contribution in [-0.2, 0) is 6.42 Å². The molecule has 0 spiro atoms. The third-order valence-corrected chi connectivity index (χ3v) is 7.29. The van der Waals surface area contributed by atoms with Gasteiger partial charge in [-0.25, -0.2) is 9.37 Å². The van der Waals surface area contributed by atoms with E-state index in [4.69, 9.17) is 5.73 Å². The lowest BCUT2D eigenvalue weighted by Gasteiger charge is -2.38. The number of nitrogens with two attached hydrogens (primary N) is 1. The maximum atomic E-state index is 13.8. The molecule has 3 heterocycles. The second kappa shape index (κ2) is 12.9. The van der Waals surface area contributed by atoms with E-state index in [0.717, 1.165) is 81.3 Å². The van der Waals surface area contributed by atoms with Crippen LogP contribution in [0.4, 0.5) is 4.39 Å². The van der Waals surface area contributed by atoms with E-state index in [1.807, 2.05) is 30.5 Å². The lowest BCUT2D eigenvalue weighted by Crippen LogP contribution is -2.49. The Labute approximate surface area is 215 Å². The minimum atomic E-state index is -0.173. The molecule has 36 heavy (non-hydrogen) atoms. The first-order valence-corrected chi connectivity index (χ1v) is 13.3. The summed E-state index contributed by atoms with van der Waals surface area (Å²) < 4.78 is 13.8. The van der Waals surface area contributed by atoms with Crippen LogP contribution in [0.15, 0.2) is 60.6 Å². The summed E-state index contributed by atoms with van der Waals surface area (Å²) in [5.41, 5.74) is 8.41. The van der Waals surface area contributed by atoms with E-state index in [1.165, 1.54) is 6.07 Å². The van der Waals surface area contributed by atoms with Crippen LogP contribution in [0.5, 0.6) is 0 Å². The van der Waals surface area contributed by atoms with Gasteiger partial charge in [0.25, 0.3) is 0 Å². The number of allylic oxidation sites excluding steroid dienone is 3. The molecule has 4 rings (SSSR count). The summed E-state index contributed by atoms with van der Waals surface area (Å²) >= 11 is 0. The number of nitrogens with zero attached hydrogens (tertiary/aromatic N) is 3. The Morgan fingerprint density at radius 1 is 1.22 bits per heavy atom. The second-order valence-electron chi connectivity index (χ2n) is 10.1. The topological polar surface area (TPSA) is 73.2 Å². The minimum Gasteiger partial charge on any atom is -0.385 e. The first-order valence-electron chi connectivity index (χ1n) is 13.3. The number of aromatic nitrogens is 2. The normalized spacial score (nSPS) is 22.7. The molecule has 7 heteroatoms. The Bertz CT molecular complexity index is 1050. The van der Waals surface area contributed by atoms with Gasteiger partial charge >= 0.3 is 0 Å². The third kappa shape index (κ3) is 7.31. The Morgan fingerprint density at radius 2 is 2.06 bits per heavy atom. The number of aromatic amines is 1. The molecule has 0 aliphatic carbocycles. The van der Waals surface area contributed by atoms with Crippen molar-refractivity contribution in [3.63, 3.8) is 0 Å². The Morgan fingerprint density at radius 3 is 2.83 bits per heavy atom. The average Bonchev–Trinajstić information content (AvgIpc) is 3.20. The third-order valence-electron chi connectivity index (χ3n) is 7.29. The molecule has 0 saturated carbocycles. The van der Waals surface area contributed by atoms with Crippen LogP contribution in [0.1, 0.15) is 56.1 Å². The van der Waals surface area contributed by atoms with Crippen LogP contribution in [0.2, 0.25) is 0 Å². The zero-order valence-electron chi connectivity index (χ0n) is 21.7. The highest BCUT2D eigenvalue weighted by molar-refractivity contribution is 5.43. The van der Waals surface area contributed by atoms with Gasteiger partial charge in [0.2, 0.25) is 0 Å². The fraction of sp³-hybridized carbons (Fsp3) is 0.483. The van der Waals surface area contributed by atoms with E-state index in [0.29, 0.717) is 6.04 Å². The van der Waals surface area contributed by atoms with Gasteiger partial charge in [0, 0.05) is 62.5 Å². The molecule has 2 aliphatic heterocycles. The van der Waals surface area contributed by atoms with Crippen molar-refractivity contribution in [3.8, 4) is 0 Å². The molecule has 2 fully saturated rings. The van der Waals surface area contributed by atoms with E-state index in [-0.39, 0.29) is 17.8 Å². The molecule has 0 radical (unpaired) electrons. The lowest BCUT2D eigenvalue weighted by atomic mass is 9.87. The fourth-order valence-corrected chi connectivity index (χ4v) is 5.12. The van der Waals surface area contributed by atoms with Gasteiger partial charge in [-0.15, -0.1) is 0 Å². The molecule has 2 aromatic rings. The predicted octanol–water partition coefficient (Wildman–Crippen LogP) is 4.41. The SMILES string of the molecule is CC(C)N1CCN(/C(N)=C/C=C\Cc2cnc(/C=C\C3NCCCCC3c3cccc(F)c3)[nH]2)CC1. The van der Waals surface area contributed by atoms with E-state index < -0.39 is 0 Å². The van der Waals surface area contributed by atoms with E-state index in [2.05, 4.69) is 51.1 Å². The summed E-state index contributed by atoms with van der Waals surface area (Å²) in [5.74, 6) is 1.74. The number of imidazole rings is 1. The highest BCUT2D eigenvalue weighted by Crippen LogP contribution is 2.29. The van der Waals surface area contributed by atoms with Gasteiger partial charge in [-0.2, -0.15) is 0 Å². The van der Waals surface area contributed by atoms with E-state index in [1.54, 1.807) is 12.1 Å². The van der Waals surface area contributed by atoms with Gasteiger partial charge in [-0.3, -0.25) is 4.90 Å². The number of rotatable bonds is 8. The van der Waals surface area contributed by atoms with Crippen molar-refractivity contribution in [2.45, 2.75) is 57.5 Å². The Balaban J connectivity index is 1.31. The quantitative estimate of drug-likeness (QED) is 0.476. The molecule has 194 valence electrons. The van der Waals surface area contributed by atoms with Crippen LogP contribution in [0, 0.1) is 5.82 Å². The zero-order chi connectivity index (χ0) is 25.3. The maximum absolute atomic E-state index is 13.8. The molecule has 1 aromatic carbocycles. The molecule has 0 amide bonds. The Hall–Kier alpha value is -2.90. The molecule has 2 saturated heterocycles. The summed E-state index contributed by atoms with van der Waals surface area (Å²) in [6, 6.07) is 7.75. The van der Waals surface area contributed by atoms with Crippen LogP contribution >= 0.6 is 0 Å². The largest absolute Gasteiger partial charge is 0.385 e. The van der Waals surface area contributed by atoms with Gasteiger partial charge < -0.3 is 20.9 Å². The lowest BCUT2D eigenvalue weighted by molar-refractivity contribution is 0.129. The highest BCUT2D eigenvalue weighted by Gasteiger charge is 2.23. The summed E-state index contributed by atoms with van der Waals surface area (Å²) in [6.45, 7) is 9.51. The second-order valence-corrected chi connectivity index (χ2v) is 10.1. The fourth-order valence-electron chi connectivity index (χ4n) is 5.12. The minimum absolute atomic E-state index is 0.151. The van der Waals surface area contributed by atoms with Crippen molar-refractivity contribution >= 4 is 6.08 Å². The standard InChI is InChI=1S/C29H41FN6/c1-22(2)35-16-18-36(19-17-35)28(31)12-4-3-10-25-21-33-29(34-25)14-13-27-26(11-5-6-15-32-27)23-8-7-9-24(30)20-23/h3-4,7-9,12-14,20-22,26-27,32H,5-6,10-11,15-19,31H2,1-2H3,(H,33,34)/b4-3-,14-13-,28-12+. The zero-order valence-corrected chi connectivity index (χ0v) is 21.7. The maximum Gasteiger partial charge on any atom is 0.129 e. The molecule has 1 aromatic heterocycles. The monoisotopic (exact) mass is 492 g/mol. The number of piperazine rings is 1. The molecule has 2 atom stereocenters. The van der Waals surface area contributed by atoms with Gasteiger partial charge in [0.05, 0.1) is 5.82 Å². The summed E-state index contributed by atoms with van der Waals surface area (Å²) in [4.78, 5) is 12.7. The number of benzene rings is 1. The Kier molecular flexibility index (Phi) is 9.36. The van der Waals surface area contributed by atoms with E-state index >= 15 is 0 Å². The van der Waals surface area contributed by atoms with Gasteiger partial charge in [-0.05, 0) is 63.1 Å². The van der Waals surface area contributed by atoms with Crippen molar-refractivity contribution < 1.29 is 4.39 Å². The highest BCUT2D eigenvalue weighted by atomic mass is 19.1. The van der Waals surface area contributed by atoms with Gasteiger partial charge in [-0.1, -0.05) is 36.8 Å². The van der Waals surface area contributed by atoms with Crippen molar-refractivity contribution in [1.29, 1.82) is 0 Å². The number of nitrogens with one attached hydrogen (secondary N) is 2. The van der Waals surface area contributed by atoms with Crippen molar-refractivity contribution in [2.24, 2.45) is 5.73 Å². The number of H-pyrrole nitrogens is 1. The van der Waals surface area contributed by atoms with Crippen LogP contribution in [0.3, 0.4) is 0 Å². The smallest absolute Gasteiger partial charge is 0.129 e. The molecule has 0 bridgehead atoms. The van der Waals surface area contributed by atoms with Crippen molar-refractivity contribution in [2.75, 3.05) is 32.7 Å². The van der Waals surface area contributed by atoms with Crippen LogP contribution in [0.25, 0.3) is 6.08 Å². The molecular formula is C29H41FN6. The molecule has 4 N–H and O–H groups in total. The number of hydrogen-bond acceptors (Lipinski definition) is 5. The van der Waals surface area contributed by atoms with Crippen LogP contribution in [-0.4, -0.2) is 64.6 Å². The summed E-state index contributed by atoms with van der Waals surface area (Å²) in [7, 11) is 0. The first-order chi connectivity index (χ1) is 17.5. The first kappa shape index (κ1) is 26.2. The molecule has 2 aliphatic rings. The summed E-state index contributed by atoms with van der Waals surface area (Å²) in [6.07, 6.45) is 16.3. The average molecular weight is 493 g/mol. The molecular weight excluding hydrogens is 451 g/mol. The summed E-state index contributed by atoms with van der Waals surface area (Å²) in [5, 5.41) is 3.63. The molecule has 6 nitrogen and oxygen atoms in total. The van der Waals surface area contributed by atoms with Crippen molar-refractivity contribution in [1.82, 2.24) is 25.1 Å².